The van der Waals surface area contributed by atoms with Crippen LogP contribution in [-0.2, 0) is 31.4 Å². The van der Waals surface area contributed by atoms with Crippen molar-refractivity contribution in [2.45, 2.75) is 37.7 Å². The normalized spacial score (nSPS) is 25.9. The molecule has 3 fully saturated rings. The molecule has 0 aromatic rings. The number of carbonyl (C=O) groups is 2. The summed E-state index contributed by atoms with van der Waals surface area (Å²) in [6.07, 6.45) is 21.5. The maximum atomic E-state index is 12.4. The van der Waals surface area contributed by atoms with E-state index in [0.29, 0.717) is 12.1 Å². The molecule has 2 heterocycles. The van der Waals surface area contributed by atoms with Crippen LogP contribution in [0.1, 0.15) is 26.2 Å². The van der Waals surface area contributed by atoms with Gasteiger partial charge in [-0.2, -0.15) is 0 Å². The smallest absolute Gasteiger partial charge is 0.457 e. The number of hydrogen-bond acceptors (Lipinski definition) is 5. The van der Waals surface area contributed by atoms with Crippen LogP contribution >= 0.6 is 11.8 Å². The fourth-order valence-electron chi connectivity index (χ4n) is 3.58. The Morgan fingerprint density at radius 2 is 1.81 bits per heavy atom. The largest absolute Gasteiger partial charge is 2.00 e. The van der Waals surface area contributed by atoms with E-state index in [1.807, 2.05) is 44.9 Å². The number of thioether (sulfide) groups is 1. The number of β-lactam (4-membered cyclic amide) rings is 1. The summed E-state index contributed by atoms with van der Waals surface area (Å²) in [6, 6.07) is 0. The second-order valence-corrected chi connectivity index (χ2v) is 8.46. The van der Waals surface area contributed by atoms with Crippen LogP contribution in [0.4, 0.5) is 0 Å². The van der Waals surface area contributed by atoms with Crippen molar-refractivity contribution in [3.05, 3.63) is 87.0 Å². The zero-order chi connectivity index (χ0) is 21.5. The van der Waals surface area contributed by atoms with E-state index in [1.165, 1.54) is 28.7 Å². The summed E-state index contributed by atoms with van der Waals surface area (Å²) in [5.41, 5.74) is 0.348. The molecule has 2 aliphatic heterocycles. The Labute approximate surface area is 201 Å². The summed E-state index contributed by atoms with van der Waals surface area (Å²) in [4.78, 5) is 27.2. The van der Waals surface area contributed by atoms with E-state index >= 15 is 0 Å². The Morgan fingerprint density at radius 3 is 2.35 bits per heavy atom. The van der Waals surface area contributed by atoms with Gasteiger partial charge in [-0.15, -0.1) is 11.8 Å². The van der Waals surface area contributed by atoms with Crippen molar-refractivity contribution in [1.82, 2.24) is 4.90 Å². The molecule has 1 N–H and O–H groups in total. The topological polar surface area (TPSA) is 66.8 Å². The molecular weight excluding hydrogens is 454 g/mol. The van der Waals surface area contributed by atoms with Gasteiger partial charge < -0.3 is 9.84 Å². The molecule has 4 rings (SSSR count). The van der Waals surface area contributed by atoms with Crippen molar-refractivity contribution < 1.29 is 36.5 Å². The van der Waals surface area contributed by atoms with E-state index in [4.69, 9.17) is 4.74 Å². The summed E-state index contributed by atoms with van der Waals surface area (Å²) in [5.74, 6) is 0.111. The molecule has 0 unspecified atom stereocenters. The summed E-state index contributed by atoms with van der Waals surface area (Å²) >= 11 is 1.51. The van der Waals surface area contributed by atoms with E-state index in [9.17, 15) is 14.7 Å². The van der Waals surface area contributed by atoms with Gasteiger partial charge in [0.15, 0.2) is 0 Å². The SMILES string of the molecule is C=CCOC(=O)C1=C(CCC[C]2[CH][CH][CH][CH]2)S[C@@H]2[C@@H]([C@@H](C)O)C(=O)N12.[CH]1[CH][CH][CH][CH]1.[Fe+2]. The second-order valence-electron chi connectivity index (χ2n) is 7.25. The number of amides is 1. The number of aliphatic hydroxyl groups is 1. The van der Waals surface area contributed by atoms with Crippen molar-refractivity contribution >= 4 is 23.6 Å². The Bertz CT molecular complexity index is 648. The summed E-state index contributed by atoms with van der Waals surface area (Å²) in [6.45, 7) is 5.27. The molecule has 1 saturated heterocycles. The number of carbonyl (C=O) groups excluding carboxylic acids is 2. The minimum Gasteiger partial charge on any atom is -0.457 e. The van der Waals surface area contributed by atoms with Crippen LogP contribution in [-0.4, -0.2) is 40.0 Å². The predicted octanol–water partition coefficient (Wildman–Crippen LogP) is 3.43. The number of hydrogen-bond donors (Lipinski definition) is 1. The third-order valence-electron chi connectivity index (χ3n) is 5.05. The van der Waals surface area contributed by atoms with Gasteiger partial charge in [0.2, 0.25) is 5.91 Å². The average molecular weight is 481 g/mol. The van der Waals surface area contributed by atoms with Crippen molar-refractivity contribution in [3.63, 3.8) is 0 Å². The van der Waals surface area contributed by atoms with Crippen LogP contribution in [0.25, 0.3) is 0 Å². The van der Waals surface area contributed by atoms with Crippen molar-refractivity contribution in [2.24, 2.45) is 5.92 Å². The summed E-state index contributed by atoms with van der Waals surface area (Å²) in [5, 5.41) is 9.63. The molecule has 2 aliphatic carbocycles. The predicted molar refractivity (Wildman–Crippen MR) is 117 cm³/mol. The van der Waals surface area contributed by atoms with E-state index in [1.54, 1.807) is 6.92 Å². The molecule has 4 aliphatic rings. The number of fused-ring (bicyclic) bond motifs is 1. The molecule has 164 valence electrons. The first-order valence-corrected chi connectivity index (χ1v) is 11.0. The monoisotopic (exact) mass is 481 g/mol. The number of nitrogens with zero attached hydrogens (tertiary/aromatic N) is 1. The minimum absolute atomic E-state index is 0. The fourth-order valence-corrected chi connectivity index (χ4v) is 5.23. The van der Waals surface area contributed by atoms with Crippen molar-refractivity contribution in [3.8, 4) is 0 Å². The Hall–Kier alpha value is -0.751. The quantitative estimate of drug-likeness (QED) is 0.249. The van der Waals surface area contributed by atoms with Gasteiger partial charge in [0.05, 0.1) is 12.0 Å². The molecule has 0 bridgehead atoms. The van der Waals surface area contributed by atoms with Crippen molar-refractivity contribution in [1.29, 1.82) is 0 Å². The molecule has 31 heavy (non-hydrogen) atoms. The first-order chi connectivity index (χ1) is 14.5. The first kappa shape index (κ1) is 26.5. The zero-order valence-corrected chi connectivity index (χ0v) is 19.3. The van der Waals surface area contributed by atoms with Gasteiger partial charge in [-0.1, -0.05) is 12.7 Å². The fraction of sp³-hybridized carbons (Fsp3) is 0.333. The van der Waals surface area contributed by atoms with Gasteiger partial charge in [0.25, 0.3) is 0 Å². The molecule has 5 nitrogen and oxygen atoms in total. The van der Waals surface area contributed by atoms with Gasteiger partial charge in [-0.3, -0.25) is 9.69 Å². The zero-order valence-electron chi connectivity index (χ0n) is 17.4. The third-order valence-corrected chi connectivity index (χ3v) is 6.48. The van der Waals surface area contributed by atoms with Crippen LogP contribution in [0.5, 0.6) is 0 Å². The molecule has 2 saturated carbocycles. The number of allylic oxidation sites excluding steroid dienone is 1. The van der Waals surface area contributed by atoms with Crippen LogP contribution in [0, 0.1) is 69.6 Å². The van der Waals surface area contributed by atoms with Gasteiger partial charge in [-0.05, 0) is 89.9 Å². The van der Waals surface area contributed by atoms with Crippen LogP contribution in [0.15, 0.2) is 23.3 Å². The van der Waals surface area contributed by atoms with Crippen LogP contribution in [0.2, 0.25) is 0 Å². The number of ether oxygens (including phenoxy) is 1. The summed E-state index contributed by atoms with van der Waals surface area (Å²) < 4.78 is 5.17. The Kier molecular flexibility index (Phi) is 11.2. The van der Waals surface area contributed by atoms with Gasteiger partial charge in [0.1, 0.15) is 17.7 Å². The van der Waals surface area contributed by atoms with Gasteiger partial charge >= 0.3 is 23.0 Å². The Balaban J connectivity index is 0.000000501. The van der Waals surface area contributed by atoms with Gasteiger partial charge in [-0.25, -0.2) is 4.79 Å². The molecule has 0 spiro atoms. The number of esters is 1. The molecule has 1 amide bonds. The standard InChI is InChI=1S/C19H22NO4S.C5H5.Fe/c1-3-11-24-19(23)16-14(10-6-9-13-7-4-5-8-13)25-18-15(12(2)21)17(22)20(16)18;1-2-4-5-3-1;/h3-5,7-8,12,15,18,21H,1,6,9-11H2,2H3;1-5H;/q;;+2/t12-,15+,18-;;/m1../s1. The third kappa shape index (κ3) is 6.63. The number of aliphatic hydroxyl groups excluding tert-OH is 1. The van der Waals surface area contributed by atoms with E-state index in [2.05, 4.69) is 19.4 Å². The average Bonchev–Trinajstić information content (AvgIpc) is 3.48. The second kappa shape index (κ2) is 13.1. The summed E-state index contributed by atoms with van der Waals surface area (Å²) in [7, 11) is 0. The van der Waals surface area contributed by atoms with Crippen LogP contribution in [0.3, 0.4) is 0 Å². The molecule has 7 heteroatoms. The first-order valence-electron chi connectivity index (χ1n) is 10.1. The molecule has 0 aromatic heterocycles. The van der Waals surface area contributed by atoms with E-state index in [-0.39, 0.29) is 35.0 Å². The van der Waals surface area contributed by atoms with E-state index in [0.717, 1.165) is 17.7 Å². The maximum Gasteiger partial charge on any atom is 2.00 e. The van der Waals surface area contributed by atoms with Gasteiger partial charge in [0, 0.05) is 4.91 Å². The van der Waals surface area contributed by atoms with Crippen molar-refractivity contribution in [2.75, 3.05) is 6.61 Å². The molecule has 3 atom stereocenters. The Morgan fingerprint density at radius 1 is 1.19 bits per heavy atom. The molecule has 10 radical (unpaired) electrons. The minimum atomic E-state index is -0.727. The van der Waals surface area contributed by atoms with Crippen LogP contribution < -0.4 is 0 Å². The molecule has 0 aromatic carbocycles. The maximum absolute atomic E-state index is 12.4. The van der Waals surface area contributed by atoms with E-state index < -0.39 is 18.0 Å². The number of rotatable bonds is 8. The molecular formula is C24H27FeNO4S+2.